The molecule has 9 rings (SSSR count). The van der Waals surface area contributed by atoms with Gasteiger partial charge < -0.3 is 90.8 Å². The van der Waals surface area contributed by atoms with E-state index in [2.05, 4.69) is 55.9 Å². The van der Waals surface area contributed by atoms with Gasteiger partial charge in [-0.2, -0.15) is 0 Å². The summed E-state index contributed by atoms with van der Waals surface area (Å²) < 4.78 is 15.4. The van der Waals surface area contributed by atoms with Crippen LogP contribution in [0.1, 0.15) is 61.0 Å². The molecule has 13 atom stereocenters. The molecule has 5 aromatic rings. The number of aromatic nitrogens is 2. The first-order chi connectivity index (χ1) is 45.4. The minimum absolute atomic E-state index is 0.00911. The van der Waals surface area contributed by atoms with Crippen LogP contribution >= 0.6 is 35.3 Å². The molecule has 1 aromatic heterocycles. The molecule has 4 aliphatic rings. The van der Waals surface area contributed by atoms with Crippen molar-refractivity contribution in [1.82, 2.24) is 46.6 Å². The zero-order chi connectivity index (χ0) is 68.4. The summed E-state index contributed by atoms with van der Waals surface area (Å²) in [5.41, 5.74) is 3.21. The van der Waals surface area contributed by atoms with E-state index < -0.39 is 170 Å². The topological polar surface area (TPSA) is 418 Å². The van der Waals surface area contributed by atoms with E-state index in [0.29, 0.717) is 20.6 Å². The van der Waals surface area contributed by atoms with Gasteiger partial charge in [-0.15, -0.1) is 10.2 Å². The third-order valence-corrected chi connectivity index (χ3v) is 18.9. The second-order valence-corrected chi connectivity index (χ2v) is 25.5. The molecule has 508 valence electrons. The summed E-state index contributed by atoms with van der Waals surface area (Å²) in [6.45, 7) is 9.14. The monoisotopic (exact) mass is 1370 g/mol. The van der Waals surface area contributed by atoms with E-state index in [0.717, 1.165) is 71.6 Å². The normalized spacial score (nSPS) is 25.7. The third kappa shape index (κ3) is 16.8. The Balaban J connectivity index is 0.952. The highest BCUT2D eigenvalue weighted by molar-refractivity contribution is 7.90. The van der Waals surface area contributed by atoms with Crippen LogP contribution in [0.15, 0.2) is 91.0 Å². The van der Waals surface area contributed by atoms with E-state index in [1.807, 2.05) is 48.5 Å². The number of benzene rings is 4. The second kappa shape index (κ2) is 31.6. The molecule has 4 aliphatic heterocycles. The number of rotatable bonds is 17. The van der Waals surface area contributed by atoms with Crippen LogP contribution in [-0.2, 0) is 54.9 Å². The molecule has 4 aromatic carbocycles. The number of halogens is 1. The quantitative estimate of drug-likeness (QED) is 0.0199. The van der Waals surface area contributed by atoms with Gasteiger partial charge in [-0.25, -0.2) is 11.8 Å². The molecule has 0 aliphatic carbocycles. The summed E-state index contributed by atoms with van der Waals surface area (Å²) in [7, 11) is 1.73. The lowest BCUT2D eigenvalue weighted by Crippen LogP contribution is -2.64. The number of carbonyl (C=O) groups excluding carboxylic acids is 7. The Bertz CT molecular complexity index is 3600. The van der Waals surface area contributed by atoms with Gasteiger partial charge in [0.2, 0.25) is 42.0 Å². The van der Waals surface area contributed by atoms with Crippen molar-refractivity contribution < 1.29 is 92.9 Å². The van der Waals surface area contributed by atoms with Crippen LogP contribution in [0, 0.1) is 12.5 Å². The molecule has 13 N–H and O–H groups in total. The molecule has 4 saturated heterocycles. The first-order valence-electron chi connectivity index (χ1n) is 30.2. The highest BCUT2D eigenvalue weighted by Crippen LogP contribution is 2.39. The van der Waals surface area contributed by atoms with E-state index >= 15 is 0 Å². The molecular formula is C62H72ClN11O19S2. The van der Waals surface area contributed by atoms with Crippen molar-refractivity contribution >= 4 is 82.3 Å². The first kappa shape index (κ1) is 71.2. The maximum atomic E-state index is 14.7. The van der Waals surface area contributed by atoms with Gasteiger partial charge in [-0.3, -0.25) is 33.6 Å². The van der Waals surface area contributed by atoms with E-state index in [-0.39, 0.29) is 35.7 Å². The molecule has 4 fully saturated rings. The number of aromatic hydroxyl groups is 1. The number of carbonyl (C=O) groups is 7. The van der Waals surface area contributed by atoms with E-state index in [1.54, 1.807) is 19.2 Å². The zero-order valence-electron chi connectivity index (χ0n) is 51.4. The van der Waals surface area contributed by atoms with Crippen LogP contribution in [0.5, 0.6) is 11.5 Å². The lowest BCUT2D eigenvalue weighted by molar-refractivity contribution is -0.433. The Morgan fingerprint density at radius 2 is 1.43 bits per heavy atom. The van der Waals surface area contributed by atoms with Crippen molar-refractivity contribution in [2.75, 3.05) is 51.3 Å². The number of phenolic OH excluding ortho intramolecular Hbond substituents is 1. The van der Waals surface area contributed by atoms with Crippen LogP contribution in [0.3, 0.4) is 0 Å². The lowest BCUT2D eigenvalue weighted by atomic mass is 9.84. The molecule has 30 nitrogen and oxygen atoms in total. The number of nitrogens with zero attached hydrogens (tertiary/aromatic N) is 6. The van der Waals surface area contributed by atoms with Crippen LogP contribution in [0.2, 0.25) is 5.02 Å². The molecule has 95 heavy (non-hydrogen) atoms. The number of piperidine rings is 1. The highest BCUT2D eigenvalue weighted by Gasteiger charge is 2.50. The van der Waals surface area contributed by atoms with Crippen molar-refractivity contribution in [3.8, 4) is 32.6 Å². The van der Waals surface area contributed by atoms with Crippen molar-refractivity contribution in [3.05, 3.63) is 124 Å². The minimum atomic E-state index is -2.16. The Kier molecular flexibility index (Phi) is 23.7. The number of β-amino-alcohol motifs (C(OH)–C–C–N with tert-alkyl or cyclic N) is 1. The smallest absolute Gasteiger partial charge is 0.261 e. The van der Waals surface area contributed by atoms with Gasteiger partial charge in [0.15, 0.2) is 17.6 Å². The van der Waals surface area contributed by atoms with E-state index in [1.165, 1.54) is 36.5 Å². The molecule has 0 spiro atoms. The maximum absolute atomic E-state index is 14.7. The summed E-state index contributed by atoms with van der Waals surface area (Å²) in [6.07, 6.45) is -10.8. The molecule has 0 radical (unpaired) electrons. The predicted molar refractivity (Wildman–Crippen MR) is 340 cm³/mol. The molecular weight excluding hydrogens is 1300 g/mol. The number of hydrogen-bond acceptors (Lipinski definition) is 24. The second-order valence-electron chi connectivity index (χ2n) is 23.7. The predicted octanol–water partition coefficient (Wildman–Crippen LogP) is 0.604. The maximum Gasteiger partial charge on any atom is 0.261 e. The number of aliphatic hydroxyl groups is 6. The fourth-order valence-electron chi connectivity index (χ4n) is 12.1. The third-order valence-electron chi connectivity index (χ3n) is 17.3. The fourth-order valence-corrected chi connectivity index (χ4v) is 13.3. The number of amides is 7. The highest BCUT2D eigenvalue weighted by atomic mass is 35.5. The fraction of sp³-hybridized carbons (Fsp3) is 0.452. The van der Waals surface area contributed by atoms with Crippen LogP contribution in [0.25, 0.3) is 26.0 Å². The Morgan fingerprint density at radius 1 is 0.800 bits per heavy atom. The number of anilines is 1. The molecule has 0 bridgehead atoms. The average molecular weight is 1370 g/mol. The molecule has 5 heterocycles. The number of ether oxygens (including phenoxy) is 1. The number of aliphatic hydroxyl groups excluding tert-OH is 6. The van der Waals surface area contributed by atoms with Gasteiger partial charge in [-0.05, 0) is 91.6 Å². The molecule has 0 saturated carbocycles. The van der Waals surface area contributed by atoms with Crippen molar-refractivity contribution in [2.24, 2.45) is 5.92 Å². The summed E-state index contributed by atoms with van der Waals surface area (Å²) in [6, 6.07) is 13.9. The lowest BCUT2D eigenvalue weighted by Gasteiger charge is -2.42. The summed E-state index contributed by atoms with van der Waals surface area (Å²) in [4.78, 5) is 108. The van der Waals surface area contributed by atoms with E-state index in [4.69, 9.17) is 32.4 Å². The van der Waals surface area contributed by atoms with Gasteiger partial charge in [-0.1, -0.05) is 69.6 Å². The Labute approximate surface area is 557 Å². The van der Waals surface area contributed by atoms with Gasteiger partial charge in [0.05, 0.1) is 36.1 Å². The van der Waals surface area contributed by atoms with Crippen LogP contribution < -0.4 is 35.7 Å². The zero-order valence-corrected chi connectivity index (χ0v) is 53.8. The van der Waals surface area contributed by atoms with Crippen molar-refractivity contribution in [1.29, 1.82) is 0 Å². The number of methoxy groups -OCH3 is 1. The Morgan fingerprint density at radius 3 is 2.06 bits per heavy atom. The molecule has 33 heteroatoms. The summed E-state index contributed by atoms with van der Waals surface area (Å²) in [5.74, 6) is -9.67. The number of nitrogens with one attached hydrogen (secondary N) is 5. The van der Waals surface area contributed by atoms with Gasteiger partial charge in [0.1, 0.15) is 46.3 Å². The van der Waals surface area contributed by atoms with Crippen molar-refractivity contribution in [3.63, 3.8) is 0 Å². The number of phenols is 1. The standard InChI is InChI=1S/C62H72ClN11O19S2/c1-31-29-74-51(52(31)81)57(86)65-27-40(76)25-42(66-53(82)34-6-8-35(9-7-34)58-70-71-59(94-58)36-10-16-39(17-11-36)72-21-19-62(90-4,20-22-72)37-12-14-38(63)15-13-37)54(83)67-48(32(2)75)60(87)73-30-41(77)26-43(73)55(84)68-49(56(85)69-50(61(74)88)46(80)28-64-3)45(79)23-33-5-18-44(78)47(24-33)91-95-93-92-89/h5-18,24,31-32,40-43,45-46,48-52,75-81,89H,19-23,25-30H2,1-2,4H3,(H,65,86)(H,66,82)(H,67,83)(H,68,84)(H,69,85)/t31-,32+,40+,41+,42+,43+,45-,46-,48+,49+,50+,51+,52+/m1/s1. The molecule has 0 unspecified atom stereocenters. The van der Waals surface area contributed by atoms with Gasteiger partial charge in [0.25, 0.3) is 18.2 Å². The van der Waals surface area contributed by atoms with Crippen LogP contribution in [0.4, 0.5) is 5.69 Å². The number of hydrogen-bond donors (Lipinski definition) is 13. The minimum Gasteiger partial charge on any atom is -0.504 e. The first-order valence-corrected chi connectivity index (χ1v) is 32.0. The summed E-state index contributed by atoms with van der Waals surface area (Å²) >= 11 is 7.53. The van der Waals surface area contributed by atoms with Gasteiger partial charge in [0, 0.05) is 92.4 Å². The van der Waals surface area contributed by atoms with Gasteiger partial charge >= 0.3 is 0 Å². The van der Waals surface area contributed by atoms with Crippen LogP contribution in [-0.4, -0.2) is 222 Å². The molecule has 7 amide bonds. The van der Waals surface area contributed by atoms with E-state index in [9.17, 15) is 69.3 Å². The summed E-state index contributed by atoms with van der Waals surface area (Å²) in [5, 5.41) is 113. The number of fused-ring (bicyclic) bond motifs is 2. The van der Waals surface area contributed by atoms with Crippen molar-refractivity contribution in [2.45, 2.75) is 124 Å². The largest absolute Gasteiger partial charge is 0.504 e. The average Bonchev–Trinajstić information content (AvgIpc) is 1.79. The Hall–Kier alpha value is -8.14. The SMILES string of the molecule is [C-]#[N+]C[C@@H](O)[C@@H]1NC(=O)[C@H]([C@H](O)Cc2ccc(O)c(OSOOO)c2)NC(=O)[C@@H]2C[C@H](O)CN2C(=O)[C@H]([C@H](C)O)NC(=O)[C@@H](NC(=O)c2ccc(-c3nnc(-c4ccc(N5CCC(OC)(c6ccc(Cl)cc6)CC5)cc4)s3)cc2)C[C@H](O)CNC(=O)[C@@H]2[C@@H](O)[C@H](C)CN2C1=O.